The van der Waals surface area contributed by atoms with E-state index in [9.17, 15) is 13.2 Å². The van der Waals surface area contributed by atoms with Crippen LogP contribution in [0.3, 0.4) is 0 Å². The van der Waals surface area contributed by atoms with Crippen molar-refractivity contribution in [2.45, 2.75) is 81.7 Å². The molecule has 1 amide bonds. The molecule has 1 fully saturated rings. The minimum absolute atomic E-state index is 0.147. The van der Waals surface area contributed by atoms with Crippen molar-refractivity contribution in [1.82, 2.24) is 9.62 Å². The molecular formula is C26H36N2O3S2. The average molecular weight is 489 g/mol. The number of hydrogen-bond donors (Lipinski definition) is 1. The van der Waals surface area contributed by atoms with Crippen LogP contribution in [0.2, 0.25) is 0 Å². The fourth-order valence-electron chi connectivity index (χ4n) is 4.87. The number of nitrogens with zero attached hydrogens (tertiary/aromatic N) is 1. The van der Waals surface area contributed by atoms with Crippen molar-refractivity contribution in [2.24, 2.45) is 0 Å². The van der Waals surface area contributed by atoms with Crippen molar-refractivity contribution < 1.29 is 13.2 Å². The lowest BCUT2D eigenvalue weighted by Gasteiger charge is -2.34. The van der Waals surface area contributed by atoms with Gasteiger partial charge in [0.2, 0.25) is 15.9 Å². The third kappa shape index (κ3) is 6.19. The van der Waals surface area contributed by atoms with Crippen molar-refractivity contribution in [3.8, 4) is 0 Å². The molecule has 1 saturated carbocycles. The highest BCUT2D eigenvalue weighted by Gasteiger charge is 2.36. The van der Waals surface area contributed by atoms with Gasteiger partial charge in [-0.1, -0.05) is 49.1 Å². The highest BCUT2D eigenvalue weighted by atomic mass is 32.2. The summed E-state index contributed by atoms with van der Waals surface area (Å²) in [6.07, 6.45) is 6.70. The maximum atomic E-state index is 13.9. The summed E-state index contributed by atoms with van der Waals surface area (Å²) in [5, 5.41) is 3.01. The van der Waals surface area contributed by atoms with E-state index >= 15 is 0 Å². The standard InChI is InChI=1S/C26H36N2O3S2/c1-18-15-19(2)26(20(3)16-18)33(30,31)28(23-9-7-6-8-10-23)17-25(29)27-21(4)22-11-13-24(32-5)14-12-22/h11-16,21,23H,6-10,17H2,1-5H3,(H,27,29)/t21-/m0/s1. The number of aryl methyl sites for hydroxylation is 3. The van der Waals surface area contributed by atoms with Gasteiger partial charge in [-0.3, -0.25) is 4.79 Å². The number of amides is 1. The molecule has 2 aromatic carbocycles. The van der Waals surface area contributed by atoms with Crippen LogP contribution in [0.1, 0.15) is 67.3 Å². The molecule has 0 spiro atoms. The monoisotopic (exact) mass is 488 g/mol. The molecule has 0 aliphatic heterocycles. The van der Waals surface area contributed by atoms with Crippen molar-refractivity contribution in [2.75, 3.05) is 12.8 Å². The Hall–Kier alpha value is -1.83. The van der Waals surface area contributed by atoms with Gasteiger partial charge in [-0.25, -0.2) is 8.42 Å². The first-order valence-corrected chi connectivity index (χ1v) is 14.3. The number of carbonyl (C=O) groups excluding carboxylic acids is 1. The van der Waals surface area contributed by atoms with Crippen LogP contribution in [0.4, 0.5) is 0 Å². The molecule has 0 unspecified atom stereocenters. The molecule has 0 bridgehead atoms. The van der Waals surface area contributed by atoms with Crippen molar-refractivity contribution in [3.05, 3.63) is 58.7 Å². The zero-order valence-electron chi connectivity index (χ0n) is 20.3. The summed E-state index contributed by atoms with van der Waals surface area (Å²) in [6, 6.07) is 11.5. The molecule has 0 aromatic heterocycles. The van der Waals surface area contributed by atoms with Crippen molar-refractivity contribution in [1.29, 1.82) is 0 Å². The van der Waals surface area contributed by atoms with Gasteiger partial charge in [0, 0.05) is 10.9 Å². The number of benzene rings is 2. The number of rotatable bonds is 8. The van der Waals surface area contributed by atoms with Gasteiger partial charge in [-0.05, 0) is 75.6 Å². The van der Waals surface area contributed by atoms with Gasteiger partial charge in [0.05, 0.1) is 17.5 Å². The zero-order valence-corrected chi connectivity index (χ0v) is 22.0. The third-order valence-corrected chi connectivity index (χ3v) is 9.39. The van der Waals surface area contributed by atoms with Crippen molar-refractivity contribution in [3.63, 3.8) is 0 Å². The first kappa shape index (κ1) is 25.8. The van der Waals surface area contributed by atoms with Crippen LogP contribution in [0, 0.1) is 20.8 Å². The largest absolute Gasteiger partial charge is 0.348 e. The molecule has 1 atom stereocenters. The maximum Gasteiger partial charge on any atom is 0.244 e. The Morgan fingerprint density at radius 1 is 1.06 bits per heavy atom. The van der Waals surface area contributed by atoms with E-state index in [1.54, 1.807) is 11.8 Å². The van der Waals surface area contributed by atoms with Gasteiger partial charge < -0.3 is 5.32 Å². The van der Waals surface area contributed by atoms with E-state index < -0.39 is 10.0 Å². The van der Waals surface area contributed by atoms with Gasteiger partial charge in [0.25, 0.3) is 0 Å². The highest BCUT2D eigenvalue weighted by Crippen LogP contribution is 2.31. The molecule has 7 heteroatoms. The first-order chi connectivity index (χ1) is 15.6. The Balaban J connectivity index is 1.85. The van der Waals surface area contributed by atoms with Gasteiger partial charge in [0.1, 0.15) is 0 Å². The summed E-state index contributed by atoms with van der Waals surface area (Å²) in [4.78, 5) is 14.6. The Morgan fingerprint density at radius 2 is 1.64 bits per heavy atom. The SMILES string of the molecule is CSc1ccc([C@H](C)NC(=O)CN(C2CCCCC2)S(=O)(=O)c2c(C)cc(C)cc2C)cc1. The van der Waals surface area contributed by atoms with Crippen molar-refractivity contribution >= 4 is 27.7 Å². The molecule has 5 nitrogen and oxygen atoms in total. The van der Waals surface area contributed by atoms with Crippen LogP contribution in [0.15, 0.2) is 46.2 Å². The van der Waals surface area contributed by atoms with E-state index in [4.69, 9.17) is 0 Å². The smallest absolute Gasteiger partial charge is 0.244 e. The van der Waals surface area contributed by atoms with E-state index in [-0.39, 0.29) is 24.5 Å². The number of carbonyl (C=O) groups is 1. The molecule has 2 aromatic rings. The maximum absolute atomic E-state index is 13.9. The van der Waals surface area contributed by atoms with E-state index in [1.807, 2.05) is 70.3 Å². The normalized spacial score (nSPS) is 16.1. The first-order valence-electron chi connectivity index (χ1n) is 11.7. The quantitative estimate of drug-likeness (QED) is 0.496. The molecule has 1 aliphatic rings. The lowest BCUT2D eigenvalue weighted by molar-refractivity contribution is -0.122. The Kier molecular flexibility index (Phi) is 8.65. The lowest BCUT2D eigenvalue weighted by atomic mass is 9.95. The topological polar surface area (TPSA) is 66.5 Å². The molecular weight excluding hydrogens is 452 g/mol. The Morgan fingerprint density at radius 3 is 2.18 bits per heavy atom. The molecule has 3 rings (SSSR count). The molecule has 1 aliphatic carbocycles. The molecule has 0 radical (unpaired) electrons. The third-order valence-electron chi connectivity index (χ3n) is 6.45. The van der Waals surface area contributed by atoms with E-state index in [0.29, 0.717) is 4.90 Å². The molecule has 180 valence electrons. The molecule has 0 heterocycles. The predicted octanol–water partition coefficient (Wildman–Crippen LogP) is 5.53. The van der Waals surface area contributed by atoms with Crippen LogP contribution in [0.25, 0.3) is 0 Å². The van der Waals surface area contributed by atoms with E-state index in [0.717, 1.165) is 59.3 Å². The number of nitrogens with one attached hydrogen (secondary N) is 1. The highest BCUT2D eigenvalue weighted by molar-refractivity contribution is 7.98. The lowest BCUT2D eigenvalue weighted by Crippen LogP contribution is -2.47. The van der Waals surface area contributed by atoms with E-state index in [1.165, 1.54) is 4.31 Å². The van der Waals surface area contributed by atoms with Crippen LogP contribution >= 0.6 is 11.8 Å². The van der Waals surface area contributed by atoms with Crippen LogP contribution < -0.4 is 5.32 Å². The average Bonchev–Trinajstić information content (AvgIpc) is 2.77. The molecule has 0 saturated heterocycles. The van der Waals surface area contributed by atoms with Gasteiger partial charge >= 0.3 is 0 Å². The summed E-state index contributed by atoms with van der Waals surface area (Å²) in [7, 11) is -3.81. The summed E-state index contributed by atoms with van der Waals surface area (Å²) >= 11 is 1.67. The van der Waals surface area contributed by atoms with Gasteiger partial charge in [-0.2, -0.15) is 4.31 Å². The summed E-state index contributed by atoms with van der Waals surface area (Å²) in [5.41, 5.74) is 3.50. The fourth-order valence-corrected chi connectivity index (χ4v) is 7.34. The second kappa shape index (κ2) is 11.1. The fraction of sp³-hybridized carbons (Fsp3) is 0.500. The summed E-state index contributed by atoms with van der Waals surface area (Å²) in [6.45, 7) is 7.42. The number of sulfonamides is 1. The van der Waals surface area contributed by atoms with Gasteiger partial charge in [-0.15, -0.1) is 11.8 Å². The summed E-state index contributed by atoms with van der Waals surface area (Å²) < 4.78 is 29.2. The minimum Gasteiger partial charge on any atom is -0.348 e. The van der Waals surface area contributed by atoms with Crippen LogP contribution in [0.5, 0.6) is 0 Å². The van der Waals surface area contributed by atoms with E-state index in [2.05, 4.69) is 5.32 Å². The zero-order chi connectivity index (χ0) is 24.2. The summed E-state index contributed by atoms with van der Waals surface area (Å²) in [5.74, 6) is -0.270. The van der Waals surface area contributed by atoms with Crippen LogP contribution in [-0.4, -0.2) is 37.5 Å². The van der Waals surface area contributed by atoms with Crippen LogP contribution in [-0.2, 0) is 14.8 Å². The minimum atomic E-state index is -3.81. The molecule has 1 N–H and O–H groups in total. The second-order valence-electron chi connectivity index (χ2n) is 9.13. The number of hydrogen-bond acceptors (Lipinski definition) is 4. The Labute approximate surface area is 203 Å². The Bertz CT molecular complexity index is 1050. The van der Waals surface area contributed by atoms with Gasteiger partial charge in [0.15, 0.2) is 0 Å². The number of thioether (sulfide) groups is 1. The molecule has 33 heavy (non-hydrogen) atoms. The second-order valence-corrected chi connectivity index (χ2v) is 11.8. The predicted molar refractivity (Wildman–Crippen MR) is 136 cm³/mol.